The molecule has 48 heavy (non-hydrogen) atoms. The molecule has 9 nitrogen and oxygen atoms in total. The summed E-state index contributed by atoms with van der Waals surface area (Å²) in [5.41, 5.74) is 1.95. The Morgan fingerprint density at radius 3 is 2.15 bits per heavy atom. The average molecular weight is 670 g/mol. The van der Waals surface area contributed by atoms with Gasteiger partial charge < -0.3 is 19.7 Å². The molecule has 5 rings (SSSR count). The number of nitrogens with one attached hydrogen (secondary N) is 1. The lowest BCUT2D eigenvalue weighted by molar-refractivity contribution is -0.140. The zero-order chi connectivity index (χ0) is 34.1. The Morgan fingerprint density at radius 1 is 0.854 bits per heavy atom. The molecule has 2 amide bonds. The molecule has 0 aliphatic heterocycles. The molecule has 0 aromatic heterocycles. The van der Waals surface area contributed by atoms with E-state index in [-0.39, 0.29) is 29.1 Å². The normalized spacial score (nSPS) is 13.8. The molecule has 0 bridgehead atoms. The topological polar surface area (TPSA) is 105 Å². The minimum Gasteiger partial charge on any atom is -0.497 e. The Bertz CT molecular complexity index is 1770. The largest absolute Gasteiger partial charge is 0.497 e. The van der Waals surface area contributed by atoms with Crippen LogP contribution in [0.15, 0.2) is 108 Å². The molecule has 0 saturated heterocycles. The second-order valence-corrected chi connectivity index (χ2v) is 13.9. The summed E-state index contributed by atoms with van der Waals surface area (Å²) in [6.07, 6.45) is 4.26. The summed E-state index contributed by atoms with van der Waals surface area (Å²) in [6, 6.07) is 28.9. The molecule has 1 atom stereocenters. The number of sulfonamides is 1. The van der Waals surface area contributed by atoms with Gasteiger partial charge in [-0.3, -0.25) is 13.9 Å². The molecule has 4 aromatic rings. The van der Waals surface area contributed by atoms with E-state index < -0.39 is 28.5 Å². The number of methoxy groups -OCH3 is 1. The molecule has 252 valence electrons. The number of anilines is 1. The minimum atomic E-state index is -4.20. The SMILES string of the molecule is CC[C@@H](C(=O)NC1CCCC1)N(Cc1cccc(OC)c1)C(=O)CN(c1ccc(Oc2ccccc2)cc1)S(=O)(=O)c1ccc(C)cc1. The molecule has 0 heterocycles. The van der Waals surface area contributed by atoms with Gasteiger partial charge >= 0.3 is 0 Å². The van der Waals surface area contributed by atoms with Crippen LogP contribution in [0.5, 0.6) is 17.2 Å². The number of benzene rings is 4. The Labute approximate surface area is 283 Å². The zero-order valence-electron chi connectivity index (χ0n) is 27.7. The number of ether oxygens (including phenoxy) is 2. The van der Waals surface area contributed by atoms with Crippen LogP contribution in [0.2, 0.25) is 0 Å². The Hall–Kier alpha value is -4.83. The molecular weight excluding hydrogens is 627 g/mol. The average Bonchev–Trinajstić information content (AvgIpc) is 3.61. The number of amides is 2. The third-order valence-electron chi connectivity index (χ3n) is 8.57. The summed E-state index contributed by atoms with van der Waals surface area (Å²) >= 11 is 0. The predicted octanol–water partition coefficient (Wildman–Crippen LogP) is 6.86. The van der Waals surface area contributed by atoms with E-state index >= 15 is 0 Å². The predicted molar refractivity (Wildman–Crippen MR) is 187 cm³/mol. The standard InChI is InChI=1S/C38H43N3O6S/c1-4-36(38(43)39-30-12-8-9-13-30)40(26-29-11-10-16-34(25-29)46-3)37(42)27-41(48(44,45)35-23-17-28(2)18-24-35)31-19-21-33(22-20-31)47-32-14-6-5-7-15-32/h5-7,10-11,14-25,30,36H,4,8-9,12-13,26-27H2,1-3H3,(H,39,43)/t36-/m0/s1. The van der Waals surface area contributed by atoms with Crippen molar-refractivity contribution >= 4 is 27.5 Å². The highest BCUT2D eigenvalue weighted by Gasteiger charge is 2.34. The molecule has 1 N–H and O–H groups in total. The summed E-state index contributed by atoms with van der Waals surface area (Å²) in [6.45, 7) is 3.30. The Morgan fingerprint density at radius 2 is 1.50 bits per heavy atom. The van der Waals surface area contributed by atoms with Crippen molar-refractivity contribution in [3.05, 3.63) is 114 Å². The molecule has 0 spiro atoms. The van der Waals surface area contributed by atoms with Crippen molar-refractivity contribution in [2.45, 2.75) is 69.5 Å². The second kappa shape index (κ2) is 15.8. The van der Waals surface area contributed by atoms with Gasteiger partial charge in [-0.1, -0.05) is 67.8 Å². The second-order valence-electron chi connectivity index (χ2n) is 12.0. The zero-order valence-corrected chi connectivity index (χ0v) is 28.5. The van der Waals surface area contributed by atoms with Gasteiger partial charge in [0.25, 0.3) is 10.0 Å². The first-order valence-electron chi connectivity index (χ1n) is 16.3. The third kappa shape index (κ3) is 8.55. The van der Waals surface area contributed by atoms with Crippen molar-refractivity contribution in [1.29, 1.82) is 0 Å². The number of hydrogen-bond acceptors (Lipinski definition) is 6. The van der Waals surface area contributed by atoms with Crippen molar-refractivity contribution in [3.63, 3.8) is 0 Å². The van der Waals surface area contributed by atoms with Crippen LogP contribution in [0.4, 0.5) is 5.69 Å². The summed E-state index contributed by atoms with van der Waals surface area (Å²) in [4.78, 5) is 29.7. The van der Waals surface area contributed by atoms with Crippen molar-refractivity contribution < 1.29 is 27.5 Å². The fourth-order valence-corrected chi connectivity index (χ4v) is 7.34. The number of carbonyl (C=O) groups is 2. The van der Waals surface area contributed by atoms with E-state index in [4.69, 9.17) is 9.47 Å². The number of carbonyl (C=O) groups excluding carboxylic acids is 2. The summed E-state index contributed by atoms with van der Waals surface area (Å²) in [7, 11) is -2.64. The maximum atomic E-state index is 14.5. The van der Waals surface area contributed by atoms with E-state index in [0.717, 1.165) is 41.1 Å². The minimum absolute atomic E-state index is 0.0517. The van der Waals surface area contributed by atoms with E-state index in [1.165, 1.54) is 17.0 Å². The highest BCUT2D eigenvalue weighted by Crippen LogP contribution is 2.29. The number of aryl methyl sites for hydroxylation is 1. The van der Waals surface area contributed by atoms with Crippen LogP contribution in [-0.2, 0) is 26.2 Å². The maximum absolute atomic E-state index is 14.5. The molecule has 1 aliphatic rings. The molecule has 4 aromatic carbocycles. The van der Waals surface area contributed by atoms with Gasteiger partial charge in [0.1, 0.15) is 29.8 Å². The quantitative estimate of drug-likeness (QED) is 0.157. The van der Waals surface area contributed by atoms with Crippen molar-refractivity contribution in [2.24, 2.45) is 0 Å². The fourth-order valence-electron chi connectivity index (χ4n) is 5.93. The molecule has 0 unspecified atom stereocenters. The van der Waals surface area contributed by atoms with Crippen LogP contribution in [0.25, 0.3) is 0 Å². The van der Waals surface area contributed by atoms with Crippen LogP contribution in [0, 0.1) is 6.92 Å². The summed E-state index contributed by atoms with van der Waals surface area (Å²) < 4.78 is 40.9. The first-order valence-corrected chi connectivity index (χ1v) is 17.8. The highest BCUT2D eigenvalue weighted by molar-refractivity contribution is 7.92. The van der Waals surface area contributed by atoms with Crippen LogP contribution < -0.4 is 19.1 Å². The number of nitrogens with zero attached hydrogens (tertiary/aromatic N) is 2. The molecule has 1 aliphatic carbocycles. The van der Waals surface area contributed by atoms with Gasteiger partial charge in [0.15, 0.2) is 0 Å². The van der Waals surface area contributed by atoms with Crippen LogP contribution in [-0.4, -0.2) is 50.9 Å². The van der Waals surface area contributed by atoms with Gasteiger partial charge in [0, 0.05) is 12.6 Å². The van der Waals surface area contributed by atoms with E-state index in [1.807, 2.05) is 62.4 Å². The van der Waals surface area contributed by atoms with Gasteiger partial charge in [0.05, 0.1) is 17.7 Å². The molecule has 0 radical (unpaired) electrons. The van der Waals surface area contributed by atoms with E-state index in [2.05, 4.69) is 5.32 Å². The first-order chi connectivity index (χ1) is 23.2. The van der Waals surface area contributed by atoms with Gasteiger partial charge in [-0.2, -0.15) is 0 Å². The van der Waals surface area contributed by atoms with Gasteiger partial charge in [-0.25, -0.2) is 8.42 Å². The van der Waals surface area contributed by atoms with Crippen LogP contribution in [0.3, 0.4) is 0 Å². The van der Waals surface area contributed by atoms with Crippen molar-refractivity contribution in [3.8, 4) is 17.2 Å². The summed E-state index contributed by atoms with van der Waals surface area (Å²) in [5, 5.41) is 3.14. The van der Waals surface area contributed by atoms with Crippen molar-refractivity contribution in [1.82, 2.24) is 10.2 Å². The van der Waals surface area contributed by atoms with Crippen LogP contribution >= 0.6 is 0 Å². The van der Waals surface area contributed by atoms with E-state index in [0.29, 0.717) is 23.7 Å². The van der Waals surface area contributed by atoms with E-state index in [9.17, 15) is 18.0 Å². The molecule has 10 heteroatoms. The maximum Gasteiger partial charge on any atom is 0.264 e. The van der Waals surface area contributed by atoms with Gasteiger partial charge in [0.2, 0.25) is 11.8 Å². The molecule has 1 fully saturated rings. The lowest BCUT2D eigenvalue weighted by Crippen LogP contribution is -2.53. The lowest BCUT2D eigenvalue weighted by Gasteiger charge is -2.34. The van der Waals surface area contributed by atoms with Crippen LogP contribution in [0.1, 0.15) is 50.2 Å². The lowest BCUT2D eigenvalue weighted by atomic mass is 10.1. The highest BCUT2D eigenvalue weighted by atomic mass is 32.2. The summed E-state index contributed by atoms with van der Waals surface area (Å²) in [5.74, 6) is 1.02. The first kappa shape index (κ1) is 34.5. The molecule has 1 saturated carbocycles. The van der Waals surface area contributed by atoms with Gasteiger partial charge in [-0.15, -0.1) is 0 Å². The smallest absolute Gasteiger partial charge is 0.264 e. The van der Waals surface area contributed by atoms with Gasteiger partial charge in [-0.05, 0) is 92.4 Å². The Kier molecular flexibility index (Phi) is 11.4. The fraction of sp³-hybridized carbons (Fsp3) is 0.316. The third-order valence-corrected chi connectivity index (χ3v) is 10.4. The number of hydrogen-bond donors (Lipinski definition) is 1. The number of rotatable bonds is 14. The monoisotopic (exact) mass is 669 g/mol. The number of para-hydroxylation sites is 1. The Balaban J connectivity index is 1.50. The van der Waals surface area contributed by atoms with Crippen molar-refractivity contribution in [2.75, 3.05) is 18.0 Å². The molecular formula is C38H43N3O6S. The van der Waals surface area contributed by atoms with E-state index in [1.54, 1.807) is 49.6 Å².